The van der Waals surface area contributed by atoms with Crippen molar-refractivity contribution in [2.75, 3.05) is 0 Å². The van der Waals surface area contributed by atoms with Gasteiger partial charge < -0.3 is 8.98 Å². The number of aryl methyl sites for hydroxylation is 1. The number of fused-ring (bicyclic) bond motifs is 11. The average Bonchev–Trinajstić information content (AvgIpc) is 4.07. The molecule has 14 rings (SSSR count). The molecule has 0 aliphatic carbocycles. The molecule has 0 unspecified atom stereocenters. The molecular weight excluding hydrogens is 831 g/mol. The molecular formula is C62H39N5O. The van der Waals surface area contributed by atoms with Crippen molar-refractivity contribution in [2.45, 2.75) is 6.92 Å². The van der Waals surface area contributed by atoms with Gasteiger partial charge in [-0.3, -0.25) is 4.57 Å². The van der Waals surface area contributed by atoms with Gasteiger partial charge in [0, 0.05) is 54.7 Å². The van der Waals surface area contributed by atoms with Crippen LogP contribution < -0.4 is 0 Å². The highest BCUT2D eigenvalue weighted by Crippen LogP contribution is 2.44. The van der Waals surface area contributed by atoms with Crippen LogP contribution >= 0.6 is 0 Å². The van der Waals surface area contributed by atoms with Crippen LogP contribution in [0.1, 0.15) is 5.56 Å². The quantitative estimate of drug-likeness (QED) is 0.167. The maximum absolute atomic E-state index is 6.72. The van der Waals surface area contributed by atoms with Crippen molar-refractivity contribution < 1.29 is 4.42 Å². The van der Waals surface area contributed by atoms with Crippen molar-refractivity contribution >= 4 is 76.3 Å². The summed E-state index contributed by atoms with van der Waals surface area (Å²) in [7, 11) is 0. The average molecular weight is 870 g/mol. The lowest BCUT2D eigenvalue weighted by Crippen LogP contribution is -2.07. The summed E-state index contributed by atoms with van der Waals surface area (Å²) in [5, 5.41) is 8.84. The van der Waals surface area contributed by atoms with Gasteiger partial charge >= 0.3 is 0 Å². The van der Waals surface area contributed by atoms with Crippen molar-refractivity contribution in [3.8, 4) is 56.7 Å². The van der Waals surface area contributed by atoms with Gasteiger partial charge in [0.2, 0.25) is 5.95 Å². The lowest BCUT2D eigenvalue weighted by atomic mass is 10.00. The predicted molar refractivity (Wildman–Crippen MR) is 280 cm³/mol. The zero-order valence-electron chi connectivity index (χ0n) is 36.9. The molecule has 0 spiro atoms. The zero-order chi connectivity index (χ0) is 44.9. The van der Waals surface area contributed by atoms with Gasteiger partial charge in [0.05, 0.1) is 22.1 Å². The number of furan rings is 1. The molecule has 68 heavy (non-hydrogen) atoms. The second-order valence-corrected chi connectivity index (χ2v) is 17.6. The third-order valence-electron chi connectivity index (χ3n) is 13.7. The third-order valence-corrected chi connectivity index (χ3v) is 13.7. The van der Waals surface area contributed by atoms with Gasteiger partial charge in [-0.05, 0) is 64.7 Å². The molecule has 10 aromatic carbocycles. The van der Waals surface area contributed by atoms with Crippen LogP contribution in [0.3, 0.4) is 0 Å². The predicted octanol–water partition coefficient (Wildman–Crippen LogP) is 16.1. The van der Waals surface area contributed by atoms with Crippen LogP contribution in [0.25, 0.3) is 133 Å². The molecule has 4 heterocycles. The second kappa shape index (κ2) is 15.0. The van der Waals surface area contributed by atoms with Crippen LogP contribution in [0.2, 0.25) is 0 Å². The molecule has 0 aliphatic rings. The molecule has 4 aromatic heterocycles. The molecule has 0 radical (unpaired) electrons. The van der Waals surface area contributed by atoms with Gasteiger partial charge in [0.25, 0.3) is 0 Å². The molecule has 318 valence electrons. The standard InChI is InChI=1S/C62H39N5O/c1-38-26-28-42(29-27-38)52-36-44(37-53-48-21-9-12-25-56(48)68-59(52)53)66-54-23-10-7-19-46(54)49-34-35-50-47-20-8-11-24-55(47)67(58(50)57(49)66)62-64-60(43-32-30-40(31-33-43)39-14-3-2-4-15-39)63-61(65-62)51-22-13-17-41-16-5-6-18-45(41)51/h2-37H,1H3. The van der Waals surface area contributed by atoms with E-state index >= 15 is 0 Å². The highest BCUT2D eigenvalue weighted by Gasteiger charge is 2.25. The molecule has 0 N–H and O–H groups in total. The molecule has 0 bridgehead atoms. The topological polar surface area (TPSA) is 61.7 Å². The summed E-state index contributed by atoms with van der Waals surface area (Å²) in [6, 6.07) is 77.4. The highest BCUT2D eigenvalue weighted by molar-refractivity contribution is 6.24. The Morgan fingerprint density at radius 2 is 0.941 bits per heavy atom. The van der Waals surface area contributed by atoms with E-state index in [1.807, 2.05) is 12.1 Å². The van der Waals surface area contributed by atoms with Gasteiger partial charge in [-0.1, -0.05) is 194 Å². The molecule has 0 atom stereocenters. The summed E-state index contributed by atoms with van der Waals surface area (Å²) in [5.74, 6) is 1.74. The van der Waals surface area contributed by atoms with Gasteiger partial charge in [0.1, 0.15) is 11.2 Å². The summed E-state index contributed by atoms with van der Waals surface area (Å²) in [5.41, 5.74) is 14.4. The van der Waals surface area contributed by atoms with E-state index < -0.39 is 0 Å². The zero-order valence-corrected chi connectivity index (χ0v) is 36.9. The van der Waals surface area contributed by atoms with Gasteiger partial charge in [0.15, 0.2) is 11.6 Å². The summed E-state index contributed by atoms with van der Waals surface area (Å²) < 4.78 is 11.4. The monoisotopic (exact) mass is 869 g/mol. The van der Waals surface area contributed by atoms with E-state index in [2.05, 4.69) is 222 Å². The Morgan fingerprint density at radius 3 is 1.71 bits per heavy atom. The highest BCUT2D eigenvalue weighted by atomic mass is 16.3. The van der Waals surface area contributed by atoms with Crippen LogP contribution in [-0.4, -0.2) is 24.1 Å². The summed E-state index contributed by atoms with van der Waals surface area (Å²) in [6.07, 6.45) is 0. The van der Waals surface area contributed by atoms with Gasteiger partial charge in [-0.15, -0.1) is 0 Å². The first-order valence-electron chi connectivity index (χ1n) is 23.0. The molecule has 6 nitrogen and oxygen atoms in total. The van der Waals surface area contributed by atoms with Crippen LogP contribution in [0.15, 0.2) is 223 Å². The van der Waals surface area contributed by atoms with Crippen LogP contribution in [0.5, 0.6) is 0 Å². The molecule has 0 amide bonds. The fourth-order valence-electron chi connectivity index (χ4n) is 10.4. The van der Waals surface area contributed by atoms with Crippen molar-refractivity contribution in [2.24, 2.45) is 0 Å². The fourth-order valence-corrected chi connectivity index (χ4v) is 10.4. The first-order chi connectivity index (χ1) is 33.6. The van der Waals surface area contributed by atoms with Crippen molar-refractivity contribution in [1.29, 1.82) is 0 Å². The SMILES string of the molecule is Cc1ccc(-c2cc(-n3c4ccccc4c4ccc5c6ccccc6n(-c6nc(-c7ccc(-c8ccccc8)cc7)nc(-c7cccc8ccccc78)n6)c5c43)cc3c2oc2ccccc23)cc1. The Morgan fingerprint density at radius 1 is 0.368 bits per heavy atom. The first-order valence-corrected chi connectivity index (χ1v) is 23.0. The molecule has 0 fully saturated rings. The Bertz CT molecular complexity index is 4310. The fraction of sp³-hybridized carbons (Fsp3) is 0.0161. The van der Waals surface area contributed by atoms with E-state index in [0.29, 0.717) is 17.6 Å². The van der Waals surface area contributed by atoms with E-state index in [0.717, 1.165) is 115 Å². The molecule has 0 saturated heterocycles. The molecule has 14 aromatic rings. The summed E-state index contributed by atoms with van der Waals surface area (Å²) >= 11 is 0. The molecule has 6 heteroatoms. The first kappa shape index (κ1) is 38.2. The number of nitrogens with zero attached hydrogens (tertiary/aromatic N) is 5. The Labute approximate surface area is 390 Å². The Hall–Kier alpha value is -9.13. The van der Waals surface area contributed by atoms with Gasteiger partial charge in [-0.2, -0.15) is 9.97 Å². The van der Waals surface area contributed by atoms with E-state index in [1.165, 1.54) is 5.56 Å². The lowest BCUT2D eigenvalue weighted by Gasteiger charge is -2.15. The Kier molecular flexibility index (Phi) is 8.39. The van der Waals surface area contributed by atoms with Gasteiger partial charge in [-0.25, -0.2) is 4.98 Å². The van der Waals surface area contributed by atoms with Crippen LogP contribution in [-0.2, 0) is 0 Å². The minimum atomic E-state index is 0.539. The maximum Gasteiger partial charge on any atom is 0.238 e. The van der Waals surface area contributed by atoms with Crippen LogP contribution in [0, 0.1) is 6.92 Å². The van der Waals surface area contributed by atoms with E-state index in [9.17, 15) is 0 Å². The number of aromatic nitrogens is 5. The number of hydrogen-bond donors (Lipinski definition) is 0. The largest absolute Gasteiger partial charge is 0.455 e. The number of para-hydroxylation sites is 3. The van der Waals surface area contributed by atoms with Crippen molar-refractivity contribution in [3.05, 3.63) is 224 Å². The minimum absolute atomic E-state index is 0.539. The lowest BCUT2D eigenvalue weighted by molar-refractivity contribution is 0.670. The molecule has 0 aliphatic heterocycles. The van der Waals surface area contributed by atoms with Crippen molar-refractivity contribution in [3.63, 3.8) is 0 Å². The van der Waals surface area contributed by atoms with E-state index in [-0.39, 0.29) is 0 Å². The Balaban J connectivity index is 1.10. The van der Waals surface area contributed by atoms with Crippen molar-refractivity contribution in [1.82, 2.24) is 24.1 Å². The van der Waals surface area contributed by atoms with E-state index in [1.54, 1.807) is 0 Å². The van der Waals surface area contributed by atoms with E-state index in [4.69, 9.17) is 19.4 Å². The summed E-state index contributed by atoms with van der Waals surface area (Å²) in [6.45, 7) is 2.13. The number of benzene rings is 10. The minimum Gasteiger partial charge on any atom is -0.455 e. The number of rotatable bonds is 6. The third kappa shape index (κ3) is 5.87. The number of hydrogen-bond acceptors (Lipinski definition) is 4. The smallest absolute Gasteiger partial charge is 0.238 e. The van der Waals surface area contributed by atoms with Crippen LogP contribution in [0.4, 0.5) is 0 Å². The maximum atomic E-state index is 6.72. The summed E-state index contributed by atoms with van der Waals surface area (Å²) in [4.78, 5) is 16.3. The normalized spacial score (nSPS) is 11.9. The second-order valence-electron chi connectivity index (χ2n) is 17.6. The molecule has 0 saturated carbocycles.